The highest BCUT2D eigenvalue weighted by Crippen LogP contribution is 2.13. The van der Waals surface area contributed by atoms with Crippen LogP contribution in [0.15, 0.2) is 30.3 Å². The smallest absolute Gasteiger partial charge is 0.251 e. The summed E-state index contributed by atoms with van der Waals surface area (Å²) < 4.78 is 1.89. The molecule has 136 valence electrons. The normalized spacial score (nSPS) is 14.8. The van der Waals surface area contributed by atoms with Crippen LogP contribution in [0.3, 0.4) is 0 Å². The van der Waals surface area contributed by atoms with Crippen LogP contribution in [0.5, 0.6) is 0 Å². The molecule has 0 bridgehead atoms. The molecule has 1 aliphatic rings. The third-order valence-electron chi connectivity index (χ3n) is 4.31. The molecule has 2 aromatic rings. The Hall–Kier alpha value is -1.89. The van der Waals surface area contributed by atoms with Gasteiger partial charge in [-0.05, 0) is 44.2 Å². The van der Waals surface area contributed by atoms with Crippen molar-refractivity contribution in [2.24, 2.45) is 0 Å². The largest absolute Gasteiger partial charge is 0.351 e. The highest BCUT2D eigenvalue weighted by atomic mass is 35.5. The van der Waals surface area contributed by atoms with Gasteiger partial charge in [-0.15, -0.1) is 12.4 Å². The van der Waals surface area contributed by atoms with E-state index in [0.717, 1.165) is 49.8 Å². The van der Waals surface area contributed by atoms with Crippen molar-refractivity contribution in [2.45, 2.75) is 13.8 Å². The van der Waals surface area contributed by atoms with Crippen LogP contribution in [-0.4, -0.2) is 59.9 Å². The first kappa shape index (κ1) is 19.4. The topological polar surface area (TPSA) is 62.2 Å². The molecule has 6 nitrogen and oxygen atoms in total. The number of hydrogen-bond donors (Lipinski definition) is 2. The zero-order valence-electron chi connectivity index (χ0n) is 14.8. The molecule has 1 fully saturated rings. The highest BCUT2D eigenvalue weighted by molar-refractivity contribution is 5.94. The summed E-state index contributed by atoms with van der Waals surface area (Å²) in [6, 6.07) is 9.62. The summed E-state index contributed by atoms with van der Waals surface area (Å²) in [6.07, 6.45) is 0. The van der Waals surface area contributed by atoms with E-state index in [2.05, 4.69) is 20.6 Å². The number of rotatable bonds is 5. The lowest BCUT2D eigenvalue weighted by Crippen LogP contribution is -2.46. The van der Waals surface area contributed by atoms with Crippen LogP contribution < -0.4 is 10.6 Å². The summed E-state index contributed by atoms with van der Waals surface area (Å²) in [7, 11) is 0. The molecule has 1 aromatic carbocycles. The number of aromatic nitrogens is 2. The number of hydrogen-bond acceptors (Lipinski definition) is 4. The molecule has 7 heteroatoms. The molecule has 1 amide bonds. The van der Waals surface area contributed by atoms with Crippen molar-refractivity contribution < 1.29 is 4.79 Å². The van der Waals surface area contributed by atoms with Gasteiger partial charge >= 0.3 is 0 Å². The predicted molar refractivity (Wildman–Crippen MR) is 102 cm³/mol. The second-order valence-electron chi connectivity index (χ2n) is 6.23. The van der Waals surface area contributed by atoms with Crippen LogP contribution in [0.1, 0.15) is 21.7 Å². The van der Waals surface area contributed by atoms with Gasteiger partial charge in [0.25, 0.3) is 5.91 Å². The third kappa shape index (κ3) is 5.04. The Labute approximate surface area is 155 Å². The Kier molecular flexibility index (Phi) is 6.99. The van der Waals surface area contributed by atoms with Crippen molar-refractivity contribution >= 4 is 18.3 Å². The summed E-state index contributed by atoms with van der Waals surface area (Å²) in [5.41, 5.74) is 3.72. The SMILES string of the molecule is Cc1cc(C)n(-c2ccc(C(=O)NCCN3CCNCC3)cc2)n1.Cl. The molecule has 1 aliphatic heterocycles. The number of benzene rings is 1. The molecule has 0 unspecified atom stereocenters. The lowest BCUT2D eigenvalue weighted by molar-refractivity contribution is 0.0947. The number of nitrogens with one attached hydrogen (secondary N) is 2. The maximum Gasteiger partial charge on any atom is 0.251 e. The van der Waals surface area contributed by atoms with Gasteiger partial charge in [0.1, 0.15) is 0 Å². The number of amides is 1. The average Bonchev–Trinajstić information content (AvgIpc) is 2.94. The molecule has 25 heavy (non-hydrogen) atoms. The first-order valence-corrected chi connectivity index (χ1v) is 8.48. The number of aryl methyl sites for hydroxylation is 2. The van der Waals surface area contributed by atoms with Crippen LogP contribution in [-0.2, 0) is 0 Å². The fourth-order valence-electron chi connectivity index (χ4n) is 3.01. The van der Waals surface area contributed by atoms with E-state index in [4.69, 9.17) is 0 Å². The summed E-state index contributed by atoms with van der Waals surface area (Å²) >= 11 is 0. The van der Waals surface area contributed by atoms with Crippen molar-refractivity contribution in [3.05, 3.63) is 47.3 Å². The highest BCUT2D eigenvalue weighted by Gasteiger charge is 2.11. The Bertz CT molecular complexity index is 692. The van der Waals surface area contributed by atoms with Gasteiger partial charge in [0, 0.05) is 50.5 Å². The second kappa shape index (κ2) is 8.99. The zero-order valence-corrected chi connectivity index (χ0v) is 15.6. The van der Waals surface area contributed by atoms with E-state index in [1.807, 2.05) is 48.9 Å². The van der Waals surface area contributed by atoms with E-state index in [9.17, 15) is 4.79 Å². The molecule has 2 N–H and O–H groups in total. The first-order valence-electron chi connectivity index (χ1n) is 8.48. The molecule has 3 rings (SSSR count). The van der Waals surface area contributed by atoms with Gasteiger partial charge in [-0.2, -0.15) is 5.10 Å². The molecule has 1 aromatic heterocycles. The van der Waals surface area contributed by atoms with Gasteiger partial charge in [-0.3, -0.25) is 9.69 Å². The summed E-state index contributed by atoms with van der Waals surface area (Å²) in [6.45, 7) is 9.74. The minimum atomic E-state index is -0.0231. The molecule has 0 atom stereocenters. The lowest BCUT2D eigenvalue weighted by Gasteiger charge is -2.27. The molecular formula is C18H26ClN5O. The molecule has 2 heterocycles. The van der Waals surface area contributed by atoms with Crippen LogP contribution in [0.4, 0.5) is 0 Å². The Morgan fingerprint density at radius 2 is 1.88 bits per heavy atom. The van der Waals surface area contributed by atoms with Crippen LogP contribution in [0.25, 0.3) is 5.69 Å². The Morgan fingerprint density at radius 3 is 2.48 bits per heavy atom. The number of piperazine rings is 1. The fraction of sp³-hybridized carbons (Fsp3) is 0.444. The molecular weight excluding hydrogens is 338 g/mol. The van der Waals surface area contributed by atoms with Gasteiger partial charge in [0.15, 0.2) is 0 Å². The van der Waals surface area contributed by atoms with Crippen LogP contribution in [0.2, 0.25) is 0 Å². The third-order valence-corrected chi connectivity index (χ3v) is 4.31. The van der Waals surface area contributed by atoms with Crippen LogP contribution >= 0.6 is 12.4 Å². The minimum absolute atomic E-state index is 0. The zero-order chi connectivity index (χ0) is 16.9. The van der Waals surface area contributed by atoms with Crippen molar-refractivity contribution in [1.82, 2.24) is 25.3 Å². The van der Waals surface area contributed by atoms with Gasteiger partial charge in [0.2, 0.25) is 0 Å². The monoisotopic (exact) mass is 363 g/mol. The van der Waals surface area contributed by atoms with E-state index >= 15 is 0 Å². The maximum atomic E-state index is 12.2. The van der Waals surface area contributed by atoms with E-state index in [-0.39, 0.29) is 18.3 Å². The Balaban J connectivity index is 0.00000225. The van der Waals surface area contributed by atoms with E-state index in [1.165, 1.54) is 0 Å². The van der Waals surface area contributed by atoms with Gasteiger partial charge in [-0.1, -0.05) is 0 Å². The number of carbonyl (C=O) groups is 1. The maximum absolute atomic E-state index is 12.2. The van der Waals surface area contributed by atoms with Crippen molar-refractivity contribution in [2.75, 3.05) is 39.3 Å². The minimum Gasteiger partial charge on any atom is -0.351 e. The second-order valence-corrected chi connectivity index (χ2v) is 6.23. The number of nitrogens with zero attached hydrogens (tertiary/aromatic N) is 3. The fourth-order valence-corrected chi connectivity index (χ4v) is 3.01. The van der Waals surface area contributed by atoms with Gasteiger partial charge in [-0.25, -0.2) is 4.68 Å². The summed E-state index contributed by atoms with van der Waals surface area (Å²) in [4.78, 5) is 14.6. The van der Waals surface area contributed by atoms with Crippen molar-refractivity contribution in [3.8, 4) is 5.69 Å². The van der Waals surface area contributed by atoms with E-state index in [1.54, 1.807) is 0 Å². The summed E-state index contributed by atoms with van der Waals surface area (Å²) in [5.74, 6) is -0.0231. The molecule has 0 aliphatic carbocycles. The van der Waals surface area contributed by atoms with E-state index < -0.39 is 0 Å². The molecule has 0 spiro atoms. The first-order chi connectivity index (χ1) is 11.6. The number of halogens is 1. The van der Waals surface area contributed by atoms with Gasteiger partial charge < -0.3 is 10.6 Å². The molecule has 1 saturated heterocycles. The lowest BCUT2D eigenvalue weighted by atomic mass is 10.2. The average molecular weight is 364 g/mol. The van der Waals surface area contributed by atoms with Crippen molar-refractivity contribution in [1.29, 1.82) is 0 Å². The van der Waals surface area contributed by atoms with Crippen molar-refractivity contribution in [3.63, 3.8) is 0 Å². The quantitative estimate of drug-likeness (QED) is 0.846. The van der Waals surface area contributed by atoms with Gasteiger partial charge in [0.05, 0.1) is 11.4 Å². The van der Waals surface area contributed by atoms with Crippen LogP contribution in [0, 0.1) is 13.8 Å². The Morgan fingerprint density at radius 1 is 1.20 bits per heavy atom. The predicted octanol–water partition coefficient (Wildman–Crippen LogP) is 1.55. The molecule has 0 saturated carbocycles. The van der Waals surface area contributed by atoms with E-state index in [0.29, 0.717) is 12.1 Å². The number of carbonyl (C=O) groups excluding carboxylic acids is 1. The standard InChI is InChI=1S/C18H25N5O.ClH/c1-14-13-15(2)23(21-14)17-5-3-16(4-6-17)18(24)20-9-12-22-10-7-19-8-11-22;/h3-6,13,19H,7-12H2,1-2H3,(H,20,24);1H. The summed E-state index contributed by atoms with van der Waals surface area (Å²) in [5, 5.41) is 10.8. The molecule has 0 radical (unpaired) electrons.